The highest BCUT2D eigenvalue weighted by atomic mass is 16.5. The van der Waals surface area contributed by atoms with E-state index in [0.29, 0.717) is 62.3 Å². The number of ether oxygens (including phenoxy) is 3. The summed E-state index contributed by atoms with van der Waals surface area (Å²) in [5.74, 6) is 2.38. The number of hydrogen-bond donors (Lipinski definition) is 1. The van der Waals surface area contributed by atoms with Gasteiger partial charge < -0.3 is 24.4 Å². The van der Waals surface area contributed by atoms with Crippen LogP contribution in [0.3, 0.4) is 0 Å². The number of hydrogen-bond acceptors (Lipinski definition) is 9. The Kier molecular flexibility index (Phi) is 10.3. The third-order valence-electron chi connectivity index (χ3n) is 6.64. The number of anilines is 1. The minimum atomic E-state index is 0.0211. The molecule has 0 saturated carbocycles. The summed E-state index contributed by atoms with van der Waals surface area (Å²) in [6, 6.07) is 13.8. The van der Waals surface area contributed by atoms with Crippen molar-refractivity contribution in [3.05, 3.63) is 77.1 Å². The van der Waals surface area contributed by atoms with E-state index in [2.05, 4.69) is 53.1 Å². The van der Waals surface area contributed by atoms with Crippen molar-refractivity contribution < 1.29 is 19.0 Å². The maximum absolute atomic E-state index is 13.4. The maximum Gasteiger partial charge on any atom is 0.321 e. The van der Waals surface area contributed by atoms with Gasteiger partial charge in [0.2, 0.25) is 5.95 Å². The lowest BCUT2D eigenvalue weighted by Crippen LogP contribution is -2.29. The fourth-order valence-corrected chi connectivity index (χ4v) is 4.78. The molecule has 0 fully saturated rings. The van der Waals surface area contributed by atoms with Crippen LogP contribution < -0.4 is 19.5 Å². The van der Waals surface area contributed by atoms with Crippen molar-refractivity contribution in [1.82, 2.24) is 19.9 Å². The number of carbonyl (C=O) groups excluding carboxylic acids is 1. The number of rotatable bonds is 8. The highest BCUT2D eigenvalue weighted by Crippen LogP contribution is 2.28. The highest BCUT2D eigenvalue weighted by Gasteiger charge is 2.22. The van der Waals surface area contributed by atoms with Gasteiger partial charge in [0, 0.05) is 25.9 Å². The molecule has 3 aromatic rings. The van der Waals surface area contributed by atoms with Crippen molar-refractivity contribution in [3.63, 3.8) is 0 Å². The molecule has 0 unspecified atom stereocenters. The van der Waals surface area contributed by atoms with Crippen LogP contribution >= 0.6 is 0 Å². The molecule has 218 valence electrons. The minimum Gasteiger partial charge on any atom is -0.490 e. The summed E-state index contributed by atoms with van der Waals surface area (Å²) in [4.78, 5) is 29.1. The van der Waals surface area contributed by atoms with Crippen molar-refractivity contribution in [1.29, 1.82) is 0 Å². The number of benzene rings is 2. The average molecular weight is 560 g/mol. The first-order valence-corrected chi connectivity index (χ1v) is 14.1. The Bertz CT molecular complexity index is 1340. The summed E-state index contributed by atoms with van der Waals surface area (Å²) in [5.41, 5.74) is 2.59. The number of carbonyl (C=O) groups is 1. The minimum absolute atomic E-state index is 0.0211. The molecule has 0 amide bonds. The molecule has 0 aliphatic carbocycles. The van der Waals surface area contributed by atoms with Crippen LogP contribution in [0.5, 0.6) is 17.5 Å². The van der Waals surface area contributed by atoms with Crippen LogP contribution in [-0.4, -0.2) is 66.1 Å². The monoisotopic (exact) mass is 559 g/mol. The Balaban J connectivity index is 1.62. The summed E-state index contributed by atoms with van der Waals surface area (Å²) >= 11 is 0. The van der Waals surface area contributed by atoms with Gasteiger partial charge in [-0.15, -0.1) is 0 Å². The Morgan fingerprint density at radius 2 is 1.73 bits per heavy atom. The molecule has 6 bridgehead atoms. The molecule has 5 rings (SSSR count). The van der Waals surface area contributed by atoms with Gasteiger partial charge >= 0.3 is 6.01 Å². The first kappa shape index (κ1) is 30.0. The lowest BCUT2D eigenvalue weighted by molar-refractivity contribution is 0.0951. The van der Waals surface area contributed by atoms with Crippen LogP contribution in [0.15, 0.2) is 54.6 Å². The second kappa shape index (κ2) is 14.1. The van der Waals surface area contributed by atoms with Crippen LogP contribution in [0.2, 0.25) is 0 Å². The zero-order chi connectivity index (χ0) is 29.2. The highest BCUT2D eigenvalue weighted by molar-refractivity contribution is 5.98. The molecule has 1 aromatic heterocycles. The number of nitrogens with zero attached hydrogens (tertiary/aromatic N) is 4. The zero-order valence-corrected chi connectivity index (χ0v) is 24.8. The Hall–Kier alpha value is -3.98. The number of aromatic nitrogens is 3. The van der Waals surface area contributed by atoms with Gasteiger partial charge in [-0.05, 0) is 80.4 Å². The van der Waals surface area contributed by atoms with E-state index in [1.165, 1.54) is 0 Å². The van der Waals surface area contributed by atoms with E-state index in [0.717, 1.165) is 29.8 Å². The van der Waals surface area contributed by atoms with Gasteiger partial charge in [0.1, 0.15) is 30.5 Å². The first-order chi connectivity index (χ1) is 19.7. The average Bonchev–Trinajstić information content (AvgIpc) is 2.92. The molecule has 3 heterocycles. The lowest BCUT2D eigenvalue weighted by atomic mass is 9.85. The number of Topliss-reactive ketones (excluding diaryl/α,β-unsaturated/α-hetero) is 1. The number of fused-ring (bicyclic) bond motifs is 7. The van der Waals surface area contributed by atoms with Gasteiger partial charge in [-0.3, -0.25) is 4.79 Å². The fraction of sp³-hybridized carbons (Fsp3) is 0.438. The lowest BCUT2D eigenvalue weighted by Gasteiger charge is -2.28. The van der Waals surface area contributed by atoms with Crippen LogP contribution in [0, 0.1) is 5.41 Å². The van der Waals surface area contributed by atoms with Gasteiger partial charge in [0.25, 0.3) is 0 Å². The van der Waals surface area contributed by atoms with Gasteiger partial charge in [0.05, 0.1) is 12.2 Å². The summed E-state index contributed by atoms with van der Waals surface area (Å²) in [6.07, 6.45) is 5.47. The molecular formula is C32H41N5O4. The molecule has 0 saturated heterocycles. The van der Waals surface area contributed by atoms with Crippen LogP contribution in [0.25, 0.3) is 0 Å². The largest absolute Gasteiger partial charge is 0.490 e. The van der Waals surface area contributed by atoms with Crippen molar-refractivity contribution >= 4 is 11.7 Å². The normalized spacial score (nSPS) is 13.8. The van der Waals surface area contributed by atoms with E-state index in [1.807, 2.05) is 61.5 Å². The third-order valence-corrected chi connectivity index (χ3v) is 6.64. The molecule has 0 spiro atoms. The predicted octanol–water partition coefficient (Wildman–Crippen LogP) is 5.35. The molecule has 41 heavy (non-hydrogen) atoms. The first-order valence-electron chi connectivity index (χ1n) is 14.1. The molecule has 2 aliphatic heterocycles. The molecule has 9 heteroatoms. The van der Waals surface area contributed by atoms with Gasteiger partial charge in [-0.2, -0.15) is 15.0 Å². The SMILES string of the molecule is CCOc1nc2nc(n1)NCc1ccc(cc1)OCC=CCOc1cc(ccc1C(=O)CCC(C)(C)CN(C)C)C2. The summed E-state index contributed by atoms with van der Waals surface area (Å²) in [7, 11) is 4.11. The second-order valence-electron chi connectivity index (χ2n) is 11.2. The third kappa shape index (κ3) is 9.28. The topological polar surface area (TPSA) is 98.7 Å². The summed E-state index contributed by atoms with van der Waals surface area (Å²) in [6.45, 7) is 8.89. The molecule has 1 N–H and O–H groups in total. The molecule has 0 radical (unpaired) electrons. The van der Waals surface area contributed by atoms with Crippen molar-refractivity contribution in [2.45, 2.75) is 46.6 Å². The van der Waals surface area contributed by atoms with Crippen LogP contribution in [0.1, 0.15) is 60.9 Å². The van der Waals surface area contributed by atoms with E-state index in [-0.39, 0.29) is 17.2 Å². The van der Waals surface area contributed by atoms with Crippen LogP contribution in [0.4, 0.5) is 5.95 Å². The van der Waals surface area contributed by atoms with E-state index < -0.39 is 0 Å². The maximum atomic E-state index is 13.4. The van der Waals surface area contributed by atoms with E-state index in [9.17, 15) is 4.79 Å². The quantitative estimate of drug-likeness (QED) is 0.289. The molecule has 0 atom stereocenters. The Labute approximate surface area is 243 Å². The van der Waals surface area contributed by atoms with E-state index >= 15 is 0 Å². The van der Waals surface area contributed by atoms with Gasteiger partial charge in [-0.25, -0.2) is 0 Å². The summed E-state index contributed by atoms with van der Waals surface area (Å²) < 4.78 is 17.6. The Morgan fingerprint density at radius 3 is 2.46 bits per heavy atom. The van der Waals surface area contributed by atoms with E-state index in [1.54, 1.807) is 0 Å². The second-order valence-corrected chi connectivity index (χ2v) is 11.2. The van der Waals surface area contributed by atoms with E-state index in [4.69, 9.17) is 14.2 Å². The predicted molar refractivity (Wildman–Crippen MR) is 160 cm³/mol. The fourth-order valence-electron chi connectivity index (χ4n) is 4.78. The van der Waals surface area contributed by atoms with Gasteiger partial charge in [-0.1, -0.05) is 32.0 Å². The van der Waals surface area contributed by atoms with Crippen molar-refractivity contribution in [2.75, 3.05) is 45.8 Å². The molecule has 9 nitrogen and oxygen atoms in total. The standard InChI is InChI=1S/C32H41N5O4/c1-6-39-31-35-29-20-24-11-14-26(27(38)15-16-32(2,3)22-37(4)5)28(19-24)41-18-8-7-17-40-25-12-9-23(10-13-25)21-33-30(34-29)36-31/h7-14,19H,6,15-18,20-22H2,1-5H3,(H,33,34,35,36). The van der Waals surface area contributed by atoms with Crippen molar-refractivity contribution in [3.8, 4) is 17.5 Å². The van der Waals surface area contributed by atoms with Gasteiger partial charge in [0.15, 0.2) is 5.78 Å². The molecule has 2 aliphatic rings. The Morgan fingerprint density at radius 1 is 1.00 bits per heavy atom. The number of nitrogens with one attached hydrogen (secondary N) is 1. The smallest absolute Gasteiger partial charge is 0.321 e. The van der Waals surface area contributed by atoms with Crippen LogP contribution in [-0.2, 0) is 13.0 Å². The molecular weight excluding hydrogens is 518 g/mol. The molecule has 2 aromatic carbocycles. The number of ketones is 1. The van der Waals surface area contributed by atoms with Crippen molar-refractivity contribution in [2.24, 2.45) is 5.41 Å². The summed E-state index contributed by atoms with van der Waals surface area (Å²) in [5, 5.41) is 3.28. The zero-order valence-electron chi connectivity index (χ0n) is 24.8.